The highest BCUT2D eigenvalue weighted by molar-refractivity contribution is 5.83. The molecule has 0 radical (unpaired) electrons. The van der Waals surface area contributed by atoms with Gasteiger partial charge in [0.25, 0.3) is 0 Å². The van der Waals surface area contributed by atoms with E-state index in [2.05, 4.69) is 5.32 Å². The highest BCUT2D eigenvalue weighted by atomic mass is 19.4. The summed E-state index contributed by atoms with van der Waals surface area (Å²) >= 11 is 0. The Morgan fingerprint density at radius 2 is 1.96 bits per heavy atom. The number of nitrogens with zero attached hydrogens (tertiary/aromatic N) is 2. The number of amides is 3. The van der Waals surface area contributed by atoms with Crippen molar-refractivity contribution in [3.8, 4) is 0 Å². The molecular weight excluding hydrogens is 359 g/mol. The average molecular weight is 385 g/mol. The predicted molar refractivity (Wildman–Crippen MR) is 96.2 cm³/mol. The van der Waals surface area contributed by atoms with Crippen LogP contribution in [0.1, 0.15) is 37.8 Å². The quantitative estimate of drug-likeness (QED) is 0.865. The molecule has 150 valence electrons. The molecule has 1 heterocycles. The van der Waals surface area contributed by atoms with Gasteiger partial charge in [0.15, 0.2) is 0 Å². The van der Waals surface area contributed by atoms with Gasteiger partial charge in [0.05, 0.1) is 11.5 Å². The Bertz CT molecular complexity index is 691. The Balaban J connectivity index is 2.37. The van der Waals surface area contributed by atoms with Crippen molar-refractivity contribution in [2.45, 2.75) is 38.9 Å². The van der Waals surface area contributed by atoms with Gasteiger partial charge < -0.3 is 15.1 Å². The molecule has 5 nitrogen and oxygen atoms in total. The summed E-state index contributed by atoms with van der Waals surface area (Å²) in [6.07, 6.45) is -4.46. The standard InChI is InChI=1S/C19H26F3N3O2/c1-5-23-18(27)25-10-15(16(11-25)17(26)24(4)12(2)3)13-7-6-8-14(9-13)19(20,21)22/h6-9,12,15-16H,5,10-11H2,1-4H3,(H,23,27). The lowest BCUT2D eigenvalue weighted by atomic mass is 9.87. The van der Waals surface area contributed by atoms with Gasteiger partial charge in [-0.2, -0.15) is 13.2 Å². The third-order valence-corrected chi connectivity index (χ3v) is 5.02. The second-order valence-electron chi connectivity index (χ2n) is 7.12. The van der Waals surface area contributed by atoms with Crippen LogP contribution in [0.5, 0.6) is 0 Å². The number of halogens is 3. The largest absolute Gasteiger partial charge is 0.416 e. The molecule has 1 N–H and O–H groups in total. The van der Waals surface area contributed by atoms with E-state index >= 15 is 0 Å². The Hall–Kier alpha value is -2.25. The maximum Gasteiger partial charge on any atom is 0.416 e. The molecule has 0 saturated carbocycles. The normalized spacial score (nSPS) is 20.1. The summed E-state index contributed by atoms with van der Waals surface area (Å²) in [4.78, 5) is 28.2. The summed E-state index contributed by atoms with van der Waals surface area (Å²) in [5, 5.41) is 2.69. The summed E-state index contributed by atoms with van der Waals surface area (Å²) in [6.45, 7) is 6.35. The van der Waals surface area contributed by atoms with Crippen LogP contribution in [-0.2, 0) is 11.0 Å². The SMILES string of the molecule is CCNC(=O)N1CC(C(=O)N(C)C(C)C)C(c2cccc(C(F)(F)F)c2)C1. The fraction of sp³-hybridized carbons (Fsp3) is 0.579. The first-order valence-electron chi connectivity index (χ1n) is 9.02. The van der Waals surface area contributed by atoms with Gasteiger partial charge in [0.2, 0.25) is 5.91 Å². The number of carbonyl (C=O) groups is 2. The first-order valence-corrected chi connectivity index (χ1v) is 9.02. The van der Waals surface area contributed by atoms with E-state index in [1.807, 2.05) is 13.8 Å². The van der Waals surface area contributed by atoms with Crippen LogP contribution in [0.4, 0.5) is 18.0 Å². The second kappa shape index (κ2) is 8.19. The number of nitrogens with one attached hydrogen (secondary N) is 1. The molecule has 8 heteroatoms. The van der Waals surface area contributed by atoms with E-state index in [4.69, 9.17) is 0 Å². The maximum absolute atomic E-state index is 13.1. The van der Waals surface area contributed by atoms with Crippen molar-refractivity contribution >= 4 is 11.9 Å². The van der Waals surface area contributed by atoms with Crippen LogP contribution in [0.2, 0.25) is 0 Å². The zero-order chi connectivity index (χ0) is 20.4. The van der Waals surface area contributed by atoms with Gasteiger partial charge in [-0.1, -0.05) is 18.2 Å². The number of likely N-dealkylation sites (tertiary alicyclic amines) is 1. The van der Waals surface area contributed by atoms with Gasteiger partial charge in [-0.3, -0.25) is 4.79 Å². The van der Waals surface area contributed by atoms with E-state index < -0.39 is 23.6 Å². The molecule has 1 aliphatic rings. The van der Waals surface area contributed by atoms with Crippen LogP contribution < -0.4 is 5.32 Å². The molecule has 0 spiro atoms. The van der Waals surface area contributed by atoms with Gasteiger partial charge in [0, 0.05) is 38.6 Å². The molecule has 27 heavy (non-hydrogen) atoms. The number of urea groups is 1. The summed E-state index contributed by atoms with van der Waals surface area (Å²) in [5.41, 5.74) is -0.327. The molecule has 3 amide bonds. The van der Waals surface area contributed by atoms with E-state index in [1.54, 1.807) is 24.9 Å². The lowest BCUT2D eigenvalue weighted by Gasteiger charge is -2.27. The monoisotopic (exact) mass is 385 g/mol. The molecule has 1 aliphatic heterocycles. The average Bonchev–Trinajstić information content (AvgIpc) is 3.05. The fourth-order valence-corrected chi connectivity index (χ4v) is 3.28. The number of alkyl halides is 3. The minimum absolute atomic E-state index is 0.0434. The molecule has 2 atom stereocenters. The van der Waals surface area contributed by atoms with E-state index in [0.717, 1.165) is 12.1 Å². The molecular formula is C19H26F3N3O2. The van der Waals surface area contributed by atoms with Crippen LogP contribution in [0.25, 0.3) is 0 Å². The molecule has 1 saturated heterocycles. The zero-order valence-electron chi connectivity index (χ0n) is 16.0. The lowest BCUT2D eigenvalue weighted by Crippen LogP contribution is -2.42. The van der Waals surface area contributed by atoms with Gasteiger partial charge >= 0.3 is 12.2 Å². The smallest absolute Gasteiger partial charge is 0.343 e. The Morgan fingerprint density at radius 1 is 1.30 bits per heavy atom. The van der Waals surface area contributed by atoms with Crippen LogP contribution in [0, 0.1) is 5.92 Å². The van der Waals surface area contributed by atoms with Crippen LogP contribution in [0.15, 0.2) is 24.3 Å². The third kappa shape index (κ3) is 4.73. The van der Waals surface area contributed by atoms with Crippen LogP contribution >= 0.6 is 0 Å². The molecule has 1 aromatic rings. The highest BCUT2D eigenvalue weighted by Crippen LogP contribution is 2.37. The fourth-order valence-electron chi connectivity index (χ4n) is 3.28. The number of hydrogen-bond donors (Lipinski definition) is 1. The lowest BCUT2D eigenvalue weighted by molar-refractivity contribution is -0.137. The zero-order valence-corrected chi connectivity index (χ0v) is 16.0. The van der Waals surface area contributed by atoms with E-state index in [1.165, 1.54) is 11.0 Å². The predicted octanol–water partition coefficient (Wildman–Crippen LogP) is 3.32. The highest BCUT2D eigenvalue weighted by Gasteiger charge is 2.42. The first kappa shape index (κ1) is 21.1. The van der Waals surface area contributed by atoms with Gasteiger partial charge in [-0.25, -0.2) is 4.79 Å². The molecule has 0 aromatic heterocycles. The van der Waals surface area contributed by atoms with Gasteiger partial charge in [-0.15, -0.1) is 0 Å². The van der Waals surface area contributed by atoms with Crippen molar-refractivity contribution in [2.75, 3.05) is 26.7 Å². The Kier molecular flexibility index (Phi) is 6.38. The summed E-state index contributed by atoms with van der Waals surface area (Å²) < 4.78 is 39.3. The van der Waals surface area contributed by atoms with Crippen LogP contribution in [-0.4, -0.2) is 54.5 Å². The summed E-state index contributed by atoms with van der Waals surface area (Å²) in [6, 6.07) is 4.69. The molecule has 1 aromatic carbocycles. The number of rotatable bonds is 4. The van der Waals surface area contributed by atoms with E-state index in [-0.39, 0.29) is 31.1 Å². The summed E-state index contributed by atoms with van der Waals surface area (Å²) in [7, 11) is 1.67. The molecule has 0 aliphatic carbocycles. The summed E-state index contributed by atoms with van der Waals surface area (Å²) in [5.74, 6) is -1.23. The van der Waals surface area contributed by atoms with Gasteiger partial charge in [0.1, 0.15) is 0 Å². The second-order valence-corrected chi connectivity index (χ2v) is 7.12. The van der Waals surface area contributed by atoms with Crippen molar-refractivity contribution in [1.29, 1.82) is 0 Å². The number of carbonyl (C=O) groups excluding carboxylic acids is 2. The molecule has 0 bridgehead atoms. The van der Waals surface area contributed by atoms with Gasteiger partial charge in [-0.05, 0) is 32.4 Å². The number of benzene rings is 1. The van der Waals surface area contributed by atoms with Crippen molar-refractivity contribution in [3.05, 3.63) is 35.4 Å². The Morgan fingerprint density at radius 3 is 2.52 bits per heavy atom. The molecule has 1 fully saturated rings. The van der Waals surface area contributed by atoms with Crippen molar-refractivity contribution in [2.24, 2.45) is 5.92 Å². The van der Waals surface area contributed by atoms with E-state index in [9.17, 15) is 22.8 Å². The minimum Gasteiger partial charge on any atom is -0.343 e. The number of hydrogen-bond acceptors (Lipinski definition) is 2. The minimum atomic E-state index is -4.46. The van der Waals surface area contributed by atoms with Crippen LogP contribution in [0.3, 0.4) is 0 Å². The Labute approximate surface area is 157 Å². The van der Waals surface area contributed by atoms with Crippen molar-refractivity contribution in [1.82, 2.24) is 15.1 Å². The first-order chi connectivity index (χ1) is 12.6. The maximum atomic E-state index is 13.1. The topological polar surface area (TPSA) is 52.7 Å². The third-order valence-electron chi connectivity index (χ3n) is 5.02. The molecule has 2 unspecified atom stereocenters. The molecule has 2 rings (SSSR count). The van der Waals surface area contributed by atoms with Crippen molar-refractivity contribution < 1.29 is 22.8 Å². The van der Waals surface area contributed by atoms with E-state index in [0.29, 0.717) is 12.1 Å². The van der Waals surface area contributed by atoms with Crippen molar-refractivity contribution in [3.63, 3.8) is 0 Å².